The van der Waals surface area contributed by atoms with E-state index in [1.807, 2.05) is 25.7 Å². The van der Waals surface area contributed by atoms with Crippen molar-refractivity contribution in [3.63, 3.8) is 0 Å². The van der Waals surface area contributed by atoms with Crippen LogP contribution < -0.4 is 5.73 Å². The van der Waals surface area contributed by atoms with Gasteiger partial charge >= 0.3 is 0 Å². The number of hydrogen-bond donors (Lipinski definition) is 1. The molecule has 1 atom stereocenters. The smallest absolute Gasteiger partial charge is 0.240 e. The Morgan fingerprint density at radius 3 is 2.24 bits per heavy atom. The highest BCUT2D eigenvalue weighted by atomic mass is 16.5. The molecule has 0 aliphatic heterocycles. The molecule has 0 spiro atoms. The molecule has 0 fully saturated rings. The summed E-state index contributed by atoms with van der Waals surface area (Å²) >= 11 is 0. The van der Waals surface area contributed by atoms with Gasteiger partial charge in [0.1, 0.15) is 0 Å². The van der Waals surface area contributed by atoms with Gasteiger partial charge in [-0.05, 0) is 11.3 Å². The molecule has 0 unspecified atom stereocenters. The van der Waals surface area contributed by atoms with Crippen LogP contribution in [0.3, 0.4) is 0 Å². The summed E-state index contributed by atoms with van der Waals surface area (Å²) in [4.78, 5) is 14.1. The van der Waals surface area contributed by atoms with Gasteiger partial charge in [-0.25, -0.2) is 0 Å². The largest absolute Gasteiger partial charge is 0.383 e. The summed E-state index contributed by atoms with van der Waals surface area (Å²) in [5.74, 6) is 0.450. The van der Waals surface area contributed by atoms with Crippen LogP contribution in [0.1, 0.15) is 34.6 Å². The maximum atomic E-state index is 12.3. The Morgan fingerprint density at radius 1 is 1.35 bits per heavy atom. The fraction of sp³-hybridized carbons (Fsp3) is 0.923. The summed E-state index contributed by atoms with van der Waals surface area (Å²) in [6.07, 6.45) is 0. The molecule has 0 aliphatic rings. The standard InChI is InChI=1S/C13H28N2O2/c1-10(2)9-15(7-8-17-6)12(16)11(14)13(3,4)5/h10-11H,7-9,14H2,1-6H3/t11-/m1/s1. The maximum absolute atomic E-state index is 12.3. The predicted molar refractivity (Wildman–Crippen MR) is 70.7 cm³/mol. The number of carbonyl (C=O) groups is 1. The highest BCUT2D eigenvalue weighted by Crippen LogP contribution is 2.19. The van der Waals surface area contributed by atoms with Gasteiger partial charge in [0.2, 0.25) is 5.91 Å². The van der Waals surface area contributed by atoms with Gasteiger partial charge < -0.3 is 15.4 Å². The quantitative estimate of drug-likeness (QED) is 0.770. The first-order valence-corrected chi connectivity index (χ1v) is 6.23. The minimum atomic E-state index is -0.460. The molecule has 0 radical (unpaired) electrons. The Labute approximate surface area is 105 Å². The van der Waals surface area contributed by atoms with Gasteiger partial charge in [0.25, 0.3) is 0 Å². The second kappa shape index (κ2) is 6.97. The minimum absolute atomic E-state index is 0.0169. The molecule has 0 bridgehead atoms. The molecule has 0 aromatic rings. The first kappa shape index (κ1) is 16.4. The summed E-state index contributed by atoms with van der Waals surface area (Å²) in [5, 5.41) is 0. The first-order valence-electron chi connectivity index (χ1n) is 6.23. The highest BCUT2D eigenvalue weighted by molar-refractivity contribution is 5.82. The van der Waals surface area contributed by atoms with Crippen LogP contribution in [0.2, 0.25) is 0 Å². The Balaban J connectivity index is 4.61. The highest BCUT2D eigenvalue weighted by Gasteiger charge is 2.31. The summed E-state index contributed by atoms with van der Waals surface area (Å²) < 4.78 is 5.03. The molecule has 4 nitrogen and oxygen atoms in total. The van der Waals surface area contributed by atoms with Crippen LogP contribution in [0.5, 0.6) is 0 Å². The Morgan fingerprint density at radius 2 is 1.88 bits per heavy atom. The molecule has 1 amide bonds. The van der Waals surface area contributed by atoms with Crippen LogP contribution in [-0.4, -0.2) is 43.7 Å². The van der Waals surface area contributed by atoms with E-state index in [0.29, 0.717) is 19.1 Å². The third-order valence-electron chi connectivity index (χ3n) is 2.66. The lowest BCUT2D eigenvalue weighted by molar-refractivity contribution is -0.136. The van der Waals surface area contributed by atoms with Gasteiger partial charge in [0.05, 0.1) is 12.6 Å². The normalized spacial score (nSPS) is 13.9. The van der Waals surface area contributed by atoms with E-state index in [-0.39, 0.29) is 11.3 Å². The van der Waals surface area contributed by atoms with Crippen LogP contribution in [-0.2, 0) is 9.53 Å². The number of nitrogens with two attached hydrogens (primary N) is 1. The predicted octanol–water partition coefficient (Wildman–Crippen LogP) is 1.49. The number of amides is 1. The van der Waals surface area contributed by atoms with Gasteiger partial charge in [-0.15, -0.1) is 0 Å². The Hall–Kier alpha value is -0.610. The average Bonchev–Trinajstić information content (AvgIpc) is 2.20. The lowest BCUT2D eigenvalue weighted by Crippen LogP contribution is -2.52. The third-order valence-corrected chi connectivity index (χ3v) is 2.66. The minimum Gasteiger partial charge on any atom is -0.383 e. The van der Waals surface area contributed by atoms with Gasteiger partial charge in [0, 0.05) is 20.2 Å². The van der Waals surface area contributed by atoms with Gasteiger partial charge in [-0.1, -0.05) is 34.6 Å². The number of hydrogen-bond acceptors (Lipinski definition) is 3. The fourth-order valence-corrected chi connectivity index (χ4v) is 1.50. The number of methoxy groups -OCH3 is 1. The van der Waals surface area contributed by atoms with Crippen molar-refractivity contribution in [2.24, 2.45) is 17.1 Å². The summed E-state index contributed by atoms with van der Waals surface area (Å²) in [7, 11) is 1.64. The van der Waals surface area contributed by atoms with Gasteiger partial charge in [-0.3, -0.25) is 4.79 Å². The second-order valence-electron chi connectivity index (χ2n) is 6.01. The zero-order valence-corrected chi connectivity index (χ0v) is 12.1. The maximum Gasteiger partial charge on any atom is 0.240 e. The lowest BCUT2D eigenvalue weighted by atomic mass is 9.86. The third kappa shape index (κ3) is 6.03. The molecule has 0 saturated carbocycles. The molecular formula is C13H28N2O2. The van der Waals surface area contributed by atoms with E-state index in [4.69, 9.17) is 10.5 Å². The molecule has 0 aromatic heterocycles. The Kier molecular flexibility index (Phi) is 6.72. The molecule has 0 aliphatic carbocycles. The van der Waals surface area contributed by atoms with E-state index in [9.17, 15) is 4.79 Å². The van der Waals surface area contributed by atoms with Gasteiger partial charge in [0.15, 0.2) is 0 Å². The fourth-order valence-electron chi connectivity index (χ4n) is 1.50. The van der Waals surface area contributed by atoms with E-state index in [1.54, 1.807) is 7.11 Å². The monoisotopic (exact) mass is 244 g/mol. The molecule has 0 rings (SSSR count). The Bertz CT molecular complexity index is 234. The van der Waals surface area contributed by atoms with Crippen molar-refractivity contribution in [3.05, 3.63) is 0 Å². The van der Waals surface area contributed by atoms with E-state index in [0.717, 1.165) is 6.54 Å². The van der Waals surface area contributed by atoms with E-state index in [2.05, 4.69) is 13.8 Å². The number of rotatable bonds is 6. The van der Waals surface area contributed by atoms with E-state index in [1.165, 1.54) is 0 Å². The van der Waals surface area contributed by atoms with Crippen molar-refractivity contribution >= 4 is 5.91 Å². The van der Waals surface area contributed by atoms with Gasteiger partial charge in [-0.2, -0.15) is 0 Å². The van der Waals surface area contributed by atoms with E-state index < -0.39 is 6.04 Å². The lowest BCUT2D eigenvalue weighted by Gasteiger charge is -2.32. The first-order chi connectivity index (χ1) is 7.70. The summed E-state index contributed by atoms with van der Waals surface area (Å²) in [6, 6.07) is -0.460. The molecule has 17 heavy (non-hydrogen) atoms. The summed E-state index contributed by atoms with van der Waals surface area (Å²) in [6.45, 7) is 12.0. The number of nitrogens with zero attached hydrogens (tertiary/aromatic N) is 1. The zero-order valence-electron chi connectivity index (χ0n) is 12.1. The van der Waals surface area contributed by atoms with Crippen LogP contribution in [0, 0.1) is 11.3 Å². The van der Waals surface area contributed by atoms with Crippen LogP contribution in [0.4, 0.5) is 0 Å². The van der Waals surface area contributed by atoms with Crippen LogP contribution in [0.25, 0.3) is 0 Å². The zero-order chi connectivity index (χ0) is 13.6. The topological polar surface area (TPSA) is 55.6 Å². The average molecular weight is 244 g/mol. The molecular weight excluding hydrogens is 216 g/mol. The molecule has 0 heterocycles. The van der Waals surface area contributed by atoms with Crippen LogP contribution >= 0.6 is 0 Å². The second-order valence-corrected chi connectivity index (χ2v) is 6.01. The number of ether oxygens (including phenoxy) is 1. The molecule has 0 aromatic carbocycles. The van der Waals surface area contributed by atoms with Crippen molar-refractivity contribution in [1.29, 1.82) is 0 Å². The number of carbonyl (C=O) groups excluding carboxylic acids is 1. The van der Waals surface area contributed by atoms with Crippen molar-refractivity contribution in [1.82, 2.24) is 4.90 Å². The van der Waals surface area contributed by atoms with Crippen LogP contribution in [0.15, 0.2) is 0 Å². The van der Waals surface area contributed by atoms with Crippen molar-refractivity contribution in [3.8, 4) is 0 Å². The molecule has 0 saturated heterocycles. The van der Waals surface area contributed by atoms with Crippen molar-refractivity contribution in [2.75, 3.05) is 26.8 Å². The van der Waals surface area contributed by atoms with Crippen molar-refractivity contribution < 1.29 is 9.53 Å². The SMILES string of the molecule is COCCN(CC(C)C)C(=O)[C@@H](N)C(C)(C)C. The summed E-state index contributed by atoms with van der Waals surface area (Å²) in [5.41, 5.74) is 5.80. The van der Waals surface area contributed by atoms with Crippen molar-refractivity contribution in [2.45, 2.75) is 40.7 Å². The molecule has 4 heteroatoms. The van der Waals surface area contributed by atoms with E-state index >= 15 is 0 Å². The molecule has 102 valence electrons. The molecule has 2 N–H and O–H groups in total.